The highest BCUT2D eigenvalue weighted by Gasteiger charge is 2.28. The maximum atomic E-state index is 13.5. The molecule has 0 radical (unpaired) electrons. The summed E-state index contributed by atoms with van der Waals surface area (Å²) in [6.07, 6.45) is 6.38. The Bertz CT molecular complexity index is 1430. The Hall–Kier alpha value is -4.46. The molecule has 188 valence electrons. The molecule has 0 unspecified atom stereocenters. The van der Waals surface area contributed by atoms with E-state index in [9.17, 15) is 9.59 Å². The van der Waals surface area contributed by atoms with Crippen LogP contribution in [0.1, 0.15) is 43.1 Å². The van der Waals surface area contributed by atoms with Crippen molar-refractivity contribution in [1.82, 2.24) is 14.8 Å². The van der Waals surface area contributed by atoms with E-state index in [0.29, 0.717) is 23.5 Å². The van der Waals surface area contributed by atoms with Crippen molar-refractivity contribution in [3.05, 3.63) is 90.4 Å². The van der Waals surface area contributed by atoms with Crippen LogP contribution in [0.2, 0.25) is 0 Å². The fourth-order valence-electron chi connectivity index (χ4n) is 4.35. The van der Waals surface area contributed by atoms with Gasteiger partial charge in [-0.3, -0.25) is 14.7 Å². The second-order valence-corrected chi connectivity index (χ2v) is 9.95. The number of hydrogen-bond donors (Lipinski definition) is 1. The van der Waals surface area contributed by atoms with Gasteiger partial charge < -0.3 is 10.1 Å². The first-order chi connectivity index (χ1) is 17.8. The van der Waals surface area contributed by atoms with Crippen LogP contribution in [0, 0.1) is 0 Å². The lowest BCUT2D eigenvalue weighted by atomic mass is 10.0. The molecule has 2 aromatic heterocycles. The van der Waals surface area contributed by atoms with Crippen molar-refractivity contribution in [3.63, 3.8) is 0 Å². The summed E-state index contributed by atoms with van der Waals surface area (Å²) in [7, 11) is 0. The van der Waals surface area contributed by atoms with Crippen molar-refractivity contribution in [1.29, 1.82) is 0 Å². The minimum Gasteiger partial charge on any atom is -0.443 e. The number of nitrogens with one attached hydrogen (secondary N) is 1. The number of aromatic nitrogens is 3. The van der Waals surface area contributed by atoms with Crippen molar-refractivity contribution in [2.75, 3.05) is 16.8 Å². The number of aryl methyl sites for hydroxylation is 1. The van der Waals surface area contributed by atoms with Crippen LogP contribution < -0.4 is 10.2 Å². The quantitative estimate of drug-likeness (QED) is 0.382. The van der Waals surface area contributed by atoms with Crippen LogP contribution in [0.3, 0.4) is 0 Å². The van der Waals surface area contributed by atoms with E-state index in [1.807, 2.05) is 81.4 Å². The Morgan fingerprint density at radius 3 is 2.57 bits per heavy atom. The van der Waals surface area contributed by atoms with Gasteiger partial charge in [-0.05, 0) is 81.6 Å². The second kappa shape index (κ2) is 9.89. The molecule has 0 saturated heterocycles. The zero-order valence-electron chi connectivity index (χ0n) is 21.1. The van der Waals surface area contributed by atoms with Crippen LogP contribution >= 0.6 is 0 Å². The Labute approximate surface area is 215 Å². The van der Waals surface area contributed by atoms with E-state index in [-0.39, 0.29) is 12.0 Å². The van der Waals surface area contributed by atoms with E-state index in [1.54, 1.807) is 28.2 Å². The van der Waals surface area contributed by atoms with Crippen molar-refractivity contribution >= 4 is 23.4 Å². The van der Waals surface area contributed by atoms with Gasteiger partial charge in [0.15, 0.2) is 0 Å². The monoisotopic (exact) mass is 495 g/mol. The number of benzene rings is 2. The SMILES string of the molecule is CC(C)(C)OC(=O)N1CCCc2cc(NC(=O)c3cn(-c4ccccc4)nc3-c3cccnc3)ccc21. The molecular formula is C29H29N5O3. The molecule has 1 aliphatic rings. The molecule has 0 bridgehead atoms. The minimum absolute atomic E-state index is 0.277. The zero-order valence-corrected chi connectivity index (χ0v) is 21.1. The Morgan fingerprint density at radius 2 is 1.84 bits per heavy atom. The normalized spacial score (nSPS) is 13.1. The lowest BCUT2D eigenvalue weighted by Crippen LogP contribution is -2.39. The third-order valence-electron chi connectivity index (χ3n) is 5.98. The summed E-state index contributed by atoms with van der Waals surface area (Å²) in [5.41, 5.74) is 4.46. The topological polar surface area (TPSA) is 89.4 Å². The molecule has 1 aliphatic heterocycles. The molecular weight excluding hydrogens is 466 g/mol. The second-order valence-electron chi connectivity index (χ2n) is 9.95. The number of fused-ring (bicyclic) bond motifs is 1. The molecule has 0 saturated carbocycles. The molecule has 37 heavy (non-hydrogen) atoms. The van der Waals surface area contributed by atoms with Gasteiger partial charge in [-0.25, -0.2) is 9.48 Å². The lowest BCUT2D eigenvalue weighted by molar-refractivity contribution is 0.0577. The number of pyridine rings is 1. The summed E-state index contributed by atoms with van der Waals surface area (Å²) in [5, 5.41) is 7.72. The molecule has 2 amide bonds. The number of anilines is 2. The van der Waals surface area contributed by atoms with Gasteiger partial charge in [-0.1, -0.05) is 18.2 Å². The van der Waals surface area contributed by atoms with E-state index in [4.69, 9.17) is 9.84 Å². The number of nitrogens with zero attached hydrogens (tertiary/aromatic N) is 4. The lowest BCUT2D eigenvalue weighted by Gasteiger charge is -2.32. The third-order valence-corrected chi connectivity index (χ3v) is 5.98. The van der Waals surface area contributed by atoms with E-state index in [2.05, 4.69) is 10.3 Å². The van der Waals surface area contributed by atoms with Crippen molar-refractivity contribution in [3.8, 4) is 16.9 Å². The average Bonchev–Trinajstić information content (AvgIpc) is 3.34. The highest BCUT2D eigenvalue weighted by molar-refractivity contribution is 6.08. The van der Waals surface area contributed by atoms with E-state index in [0.717, 1.165) is 35.3 Å². The number of rotatable bonds is 4. The molecule has 5 rings (SSSR count). The van der Waals surface area contributed by atoms with Crippen LogP contribution in [0.15, 0.2) is 79.3 Å². The maximum Gasteiger partial charge on any atom is 0.414 e. The molecule has 3 heterocycles. The summed E-state index contributed by atoms with van der Waals surface area (Å²) in [5.74, 6) is -0.277. The van der Waals surface area contributed by atoms with Gasteiger partial charge in [-0.2, -0.15) is 5.10 Å². The predicted octanol–water partition coefficient (Wildman–Crippen LogP) is 5.87. The summed E-state index contributed by atoms with van der Waals surface area (Å²) in [6, 6.07) is 18.9. The standard InChI is InChI=1S/C29H29N5O3/c1-29(2,3)37-28(36)33-16-8-10-20-17-22(13-14-25(20)33)31-27(35)24-19-34(23-11-5-4-6-12-23)32-26(24)21-9-7-15-30-18-21/h4-7,9,11-15,17-19H,8,10,16H2,1-3H3,(H,31,35). The van der Waals surface area contributed by atoms with Crippen LogP contribution in [0.25, 0.3) is 16.9 Å². The first-order valence-corrected chi connectivity index (χ1v) is 12.3. The van der Waals surface area contributed by atoms with Gasteiger partial charge in [0.25, 0.3) is 5.91 Å². The molecule has 0 fully saturated rings. The summed E-state index contributed by atoms with van der Waals surface area (Å²) >= 11 is 0. The number of ether oxygens (including phenoxy) is 1. The van der Waals surface area contributed by atoms with E-state index in [1.165, 1.54) is 0 Å². The van der Waals surface area contributed by atoms with Crippen molar-refractivity contribution < 1.29 is 14.3 Å². The van der Waals surface area contributed by atoms with Crippen LogP contribution in [0.5, 0.6) is 0 Å². The first-order valence-electron chi connectivity index (χ1n) is 12.3. The predicted molar refractivity (Wildman–Crippen MR) is 143 cm³/mol. The van der Waals surface area contributed by atoms with Crippen LogP contribution in [0.4, 0.5) is 16.2 Å². The van der Waals surface area contributed by atoms with E-state index >= 15 is 0 Å². The molecule has 8 heteroatoms. The average molecular weight is 496 g/mol. The van der Waals surface area contributed by atoms with Gasteiger partial charge in [0.1, 0.15) is 11.3 Å². The van der Waals surface area contributed by atoms with E-state index < -0.39 is 5.60 Å². The zero-order chi connectivity index (χ0) is 26.0. The van der Waals surface area contributed by atoms with Gasteiger partial charge >= 0.3 is 6.09 Å². The number of carbonyl (C=O) groups is 2. The first kappa shape index (κ1) is 24.2. The van der Waals surface area contributed by atoms with Crippen LogP contribution in [-0.4, -0.2) is 38.9 Å². The Balaban J connectivity index is 1.43. The third kappa shape index (κ3) is 5.38. The molecule has 8 nitrogen and oxygen atoms in total. The fourth-order valence-corrected chi connectivity index (χ4v) is 4.35. The number of amides is 2. The molecule has 0 aliphatic carbocycles. The number of hydrogen-bond acceptors (Lipinski definition) is 5. The van der Waals surface area contributed by atoms with Gasteiger partial charge in [0.2, 0.25) is 0 Å². The van der Waals surface area contributed by atoms with Crippen LogP contribution in [-0.2, 0) is 11.2 Å². The van der Waals surface area contributed by atoms with Gasteiger partial charge in [0, 0.05) is 36.4 Å². The summed E-state index contributed by atoms with van der Waals surface area (Å²) in [4.78, 5) is 32.1. The smallest absolute Gasteiger partial charge is 0.414 e. The van der Waals surface area contributed by atoms with Gasteiger partial charge in [0.05, 0.1) is 16.9 Å². The Kier molecular flexibility index (Phi) is 6.48. The fraction of sp³-hybridized carbons (Fsp3) is 0.241. The molecule has 0 spiro atoms. The molecule has 1 N–H and O–H groups in total. The summed E-state index contributed by atoms with van der Waals surface area (Å²) in [6.45, 7) is 6.16. The highest BCUT2D eigenvalue weighted by Crippen LogP contribution is 2.32. The number of carbonyl (C=O) groups excluding carboxylic acids is 2. The number of para-hydroxylation sites is 1. The Morgan fingerprint density at radius 1 is 1.03 bits per heavy atom. The summed E-state index contributed by atoms with van der Waals surface area (Å²) < 4.78 is 7.28. The molecule has 0 atom stereocenters. The largest absolute Gasteiger partial charge is 0.443 e. The highest BCUT2D eigenvalue weighted by atomic mass is 16.6. The van der Waals surface area contributed by atoms with Crippen molar-refractivity contribution in [2.45, 2.75) is 39.2 Å². The van der Waals surface area contributed by atoms with Crippen molar-refractivity contribution in [2.24, 2.45) is 0 Å². The molecule has 4 aromatic rings. The minimum atomic E-state index is -0.571. The maximum absolute atomic E-state index is 13.5. The molecule has 2 aromatic carbocycles. The van der Waals surface area contributed by atoms with Gasteiger partial charge in [-0.15, -0.1) is 0 Å².